The van der Waals surface area contributed by atoms with Crippen molar-refractivity contribution in [1.82, 2.24) is 5.32 Å². The highest BCUT2D eigenvalue weighted by Crippen LogP contribution is 2.39. The molecule has 1 aromatic rings. The number of hydrogen-bond donors (Lipinski definition) is 1. The molecule has 0 spiro atoms. The van der Waals surface area contributed by atoms with Gasteiger partial charge in [0, 0.05) is 38.5 Å². The molecule has 0 aromatic heterocycles. The maximum Gasteiger partial charge on any atom is 0.500 e. The fraction of sp³-hybridized carbons (Fsp3) is 0.611. The van der Waals surface area contributed by atoms with Crippen molar-refractivity contribution in [3.63, 3.8) is 0 Å². The number of rotatable bonds is 14. The van der Waals surface area contributed by atoms with Crippen LogP contribution < -0.4 is 19.5 Å². The molecule has 0 saturated carbocycles. The van der Waals surface area contributed by atoms with Gasteiger partial charge in [0.15, 0.2) is 11.5 Å². The Labute approximate surface area is 177 Å². The Kier molecular flexibility index (Phi) is 11.1. The van der Waals surface area contributed by atoms with Gasteiger partial charge >= 0.3 is 20.6 Å². The van der Waals surface area contributed by atoms with Crippen LogP contribution in [-0.2, 0) is 13.3 Å². The first-order valence-corrected chi connectivity index (χ1v) is 11.6. The van der Waals surface area contributed by atoms with Crippen molar-refractivity contribution < 1.29 is 37.2 Å². The number of nitrogens with zero attached hydrogens (tertiary/aromatic N) is 1. The van der Waals surface area contributed by atoms with E-state index in [0.29, 0.717) is 32.3 Å². The number of nitro groups is 1. The van der Waals surface area contributed by atoms with Gasteiger partial charge in [-0.15, -0.1) is 0 Å². The highest BCUT2D eigenvalue weighted by Gasteiger charge is 2.39. The van der Waals surface area contributed by atoms with Crippen molar-refractivity contribution in [2.75, 3.05) is 40.6 Å². The molecule has 0 fully saturated rings. The van der Waals surface area contributed by atoms with E-state index in [1.807, 2.05) is 20.8 Å². The van der Waals surface area contributed by atoms with Crippen molar-refractivity contribution in [3.8, 4) is 17.2 Å². The molecule has 1 amide bonds. The van der Waals surface area contributed by atoms with E-state index >= 15 is 0 Å². The molecule has 0 radical (unpaired) electrons. The second-order valence-electron chi connectivity index (χ2n) is 5.83. The molecule has 0 atom stereocenters. The van der Waals surface area contributed by atoms with E-state index in [-0.39, 0.29) is 23.8 Å². The fourth-order valence-corrected chi connectivity index (χ4v) is 5.32. The summed E-state index contributed by atoms with van der Waals surface area (Å²) in [6.07, 6.45) is -0.308. The fourth-order valence-electron chi connectivity index (χ4n) is 2.71. The van der Waals surface area contributed by atoms with Gasteiger partial charge in [-0.3, -0.25) is 10.1 Å². The topological polar surface area (TPSA) is 128 Å². The smallest absolute Gasteiger partial charge is 0.493 e. The molecule has 0 saturated heterocycles. The van der Waals surface area contributed by atoms with Crippen LogP contribution in [0, 0.1) is 10.1 Å². The first-order valence-electron chi connectivity index (χ1n) is 9.64. The van der Waals surface area contributed by atoms with Crippen LogP contribution in [0.2, 0.25) is 6.04 Å². The van der Waals surface area contributed by atoms with E-state index in [1.54, 1.807) is 0 Å². The molecule has 170 valence electrons. The van der Waals surface area contributed by atoms with Gasteiger partial charge in [-0.25, -0.2) is 4.79 Å². The lowest BCUT2D eigenvalue weighted by molar-refractivity contribution is -0.385. The summed E-state index contributed by atoms with van der Waals surface area (Å²) >= 11 is 0. The number of carbonyl (C=O) groups is 1. The number of methoxy groups -OCH3 is 2. The second kappa shape index (κ2) is 13.0. The summed E-state index contributed by atoms with van der Waals surface area (Å²) in [5.41, 5.74) is -0.418. The molecule has 30 heavy (non-hydrogen) atoms. The molecule has 1 N–H and O–H groups in total. The molecule has 11 nitrogen and oxygen atoms in total. The van der Waals surface area contributed by atoms with Crippen LogP contribution in [-0.4, -0.2) is 60.4 Å². The van der Waals surface area contributed by atoms with E-state index in [1.165, 1.54) is 20.3 Å². The minimum absolute atomic E-state index is 0.154. The van der Waals surface area contributed by atoms with E-state index in [4.69, 9.17) is 27.5 Å². The maximum atomic E-state index is 12.1. The zero-order chi connectivity index (χ0) is 22.6. The third-order valence-electron chi connectivity index (χ3n) is 3.89. The Balaban J connectivity index is 2.73. The zero-order valence-electron chi connectivity index (χ0n) is 18.0. The van der Waals surface area contributed by atoms with Crippen LogP contribution in [0.25, 0.3) is 0 Å². The number of ether oxygens (including phenoxy) is 3. The molecule has 0 bridgehead atoms. The average molecular weight is 447 g/mol. The van der Waals surface area contributed by atoms with Crippen molar-refractivity contribution in [2.24, 2.45) is 0 Å². The number of carbonyl (C=O) groups excluding carboxylic acids is 1. The van der Waals surface area contributed by atoms with Crippen LogP contribution >= 0.6 is 0 Å². The van der Waals surface area contributed by atoms with Crippen molar-refractivity contribution in [1.29, 1.82) is 0 Å². The van der Waals surface area contributed by atoms with Crippen LogP contribution in [0.3, 0.4) is 0 Å². The Morgan fingerprint density at radius 2 is 1.53 bits per heavy atom. The van der Waals surface area contributed by atoms with E-state index in [0.717, 1.165) is 6.07 Å². The summed E-state index contributed by atoms with van der Waals surface area (Å²) < 4.78 is 32.5. The number of amides is 1. The maximum absolute atomic E-state index is 12.1. The van der Waals surface area contributed by atoms with Gasteiger partial charge in [-0.05, 0) is 27.2 Å². The number of nitro benzene ring substituents is 1. The molecular weight excluding hydrogens is 416 g/mol. The summed E-state index contributed by atoms with van der Waals surface area (Å²) in [4.78, 5) is 22.7. The van der Waals surface area contributed by atoms with Gasteiger partial charge < -0.3 is 32.8 Å². The van der Waals surface area contributed by atoms with Gasteiger partial charge in [0.05, 0.1) is 25.2 Å². The second-order valence-corrected chi connectivity index (χ2v) is 8.57. The largest absolute Gasteiger partial charge is 0.500 e. The lowest BCUT2D eigenvalue weighted by Crippen LogP contribution is -2.46. The van der Waals surface area contributed by atoms with Gasteiger partial charge in [0.2, 0.25) is 5.75 Å². The van der Waals surface area contributed by atoms with Gasteiger partial charge in [0.1, 0.15) is 0 Å². The normalized spacial score (nSPS) is 11.1. The summed E-state index contributed by atoms with van der Waals surface area (Å²) in [6, 6.07) is 2.88. The Morgan fingerprint density at radius 1 is 1.00 bits per heavy atom. The van der Waals surface area contributed by atoms with Crippen LogP contribution in [0.15, 0.2) is 12.1 Å². The SMILES string of the molecule is CCO[Si](CCCNC(=O)Oc1cc(OC)c(OC)cc1[N+](=O)[O-])(OCC)OCC. The Morgan fingerprint density at radius 3 is 2.00 bits per heavy atom. The Bertz CT molecular complexity index is 685. The first-order chi connectivity index (χ1) is 14.4. The monoisotopic (exact) mass is 446 g/mol. The molecule has 1 rings (SSSR count). The van der Waals surface area contributed by atoms with E-state index in [2.05, 4.69) is 5.32 Å². The summed E-state index contributed by atoms with van der Waals surface area (Å²) in [7, 11) is -0.0744. The van der Waals surface area contributed by atoms with Crippen molar-refractivity contribution in [2.45, 2.75) is 33.2 Å². The number of nitrogens with one attached hydrogen (secondary N) is 1. The van der Waals surface area contributed by atoms with Crippen molar-refractivity contribution >= 4 is 20.6 Å². The highest BCUT2D eigenvalue weighted by atomic mass is 28.4. The quantitative estimate of drug-likeness (QED) is 0.198. The molecule has 0 heterocycles. The molecule has 0 aliphatic heterocycles. The highest BCUT2D eigenvalue weighted by molar-refractivity contribution is 6.60. The lowest BCUT2D eigenvalue weighted by Gasteiger charge is -2.28. The zero-order valence-corrected chi connectivity index (χ0v) is 19.0. The molecular formula is C18H30N2O9Si. The number of benzene rings is 1. The van der Waals surface area contributed by atoms with Crippen LogP contribution in [0.5, 0.6) is 17.2 Å². The van der Waals surface area contributed by atoms with Gasteiger partial charge in [-0.2, -0.15) is 0 Å². The number of hydrogen-bond acceptors (Lipinski definition) is 9. The molecule has 12 heteroatoms. The van der Waals surface area contributed by atoms with Crippen LogP contribution in [0.4, 0.5) is 10.5 Å². The summed E-state index contributed by atoms with van der Waals surface area (Å²) in [5, 5.41) is 13.8. The summed E-state index contributed by atoms with van der Waals surface area (Å²) in [6.45, 7) is 7.24. The predicted octanol–water partition coefficient (Wildman–Crippen LogP) is 3.14. The Hall–Kier alpha value is -2.41. The van der Waals surface area contributed by atoms with Gasteiger partial charge in [0.25, 0.3) is 0 Å². The minimum Gasteiger partial charge on any atom is -0.493 e. The van der Waals surface area contributed by atoms with Crippen LogP contribution in [0.1, 0.15) is 27.2 Å². The lowest BCUT2D eigenvalue weighted by atomic mass is 10.2. The average Bonchev–Trinajstić information content (AvgIpc) is 2.71. The third kappa shape index (κ3) is 7.44. The van der Waals surface area contributed by atoms with E-state index < -0.39 is 25.5 Å². The van der Waals surface area contributed by atoms with Gasteiger partial charge in [-0.1, -0.05) is 0 Å². The standard InChI is InChI=1S/C18H30N2O9Si/c1-6-26-30(27-7-2,28-8-3)11-9-10-19-18(21)29-15-13-17(25-5)16(24-4)12-14(15)20(22)23/h12-13H,6-11H2,1-5H3,(H,19,21). The predicted molar refractivity (Wildman–Crippen MR) is 110 cm³/mol. The van der Waals surface area contributed by atoms with E-state index in [9.17, 15) is 14.9 Å². The first kappa shape index (κ1) is 25.6. The van der Waals surface area contributed by atoms with Crippen molar-refractivity contribution in [3.05, 3.63) is 22.2 Å². The molecule has 0 aliphatic rings. The minimum atomic E-state index is -2.80. The molecule has 1 aromatic carbocycles. The third-order valence-corrected chi connectivity index (χ3v) is 7.04. The molecule has 0 unspecified atom stereocenters. The summed E-state index contributed by atoms with van der Waals surface area (Å²) in [5.74, 6) is 0.102. The molecule has 0 aliphatic carbocycles.